The van der Waals surface area contributed by atoms with Crippen molar-refractivity contribution in [3.8, 4) is 11.3 Å². The quantitative estimate of drug-likeness (QED) is 0.383. The summed E-state index contributed by atoms with van der Waals surface area (Å²) >= 11 is 0. The topological polar surface area (TPSA) is 91.6 Å². The molecule has 2 aromatic carbocycles. The fourth-order valence-corrected chi connectivity index (χ4v) is 4.71. The van der Waals surface area contributed by atoms with Gasteiger partial charge in [-0.3, -0.25) is 14.0 Å². The lowest BCUT2D eigenvalue weighted by atomic mass is 10.1. The molecule has 6 rings (SSSR count). The van der Waals surface area contributed by atoms with E-state index >= 15 is 0 Å². The van der Waals surface area contributed by atoms with Crippen LogP contribution in [0.15, 0.2) is 54.7 Å². The van der Waals surface area contributed by atoms with Crippen LogP contribution in [0.2, 0.25) is 0 Å². The number of para-hydroxylation sites is 2. The van der Waals surface area contributed by atoms with Gasteiger partial charge < -0.3 is 15.5 Å². The molecule has 4 aromatic rings. The molecule has 0 bridgehead atoms. The van der Waals surface area contributed by atoms with Crippen LogP contribution < -0.4 is 10.6 Å². The van der Waals surface area contributed by atoms with Gasteiger partial charge in [-0.25, -0.2) is 9.97 Å². The fraction of sp³-hybridized carbons (Fsp3) is 0.333. The number of nitrogens with one attached hydrogen (secondary N) is 2. The third-order valence-corrected chi connectivity index (χ3v) is 6.75. The van der Waals surface area contributed by atoms with E-state index in [9.17, 15) is 9.59 Å². The summed E-state index contributed by atoms with van der Waals surface area (Å²) in [6, 6.07) is 16.0. The van der Waals surface area contributed by atoms with Gasteiger partial charge in [0, 0.05) is 43.2 Å². The van der Waals surface area contributed by atoms with E-state index in [0.717, 1.165) is 72.5 Å². The van der Waals surface area contributed by atoms with Crippen molar-refractivity contribution >= 4 is 34.3 Å². The molecule has 35 heavy (non-hydrogen) atoms. The number of carbonyl (C=O) groups excluding carboxylic acids is 2. The van der Waals surface area contributed by atoms with Crippen LogP contribution >= 0.6 is 0 Å². The van der Waals surface area contributed by atoms with Gasteiger partial charge in [-0.2, -0.15) is 0 Å². The molecule has 1 saturated carbocycles. The molecule has 0 radical (unpaired) electrons. The molecule has 2 amide bonds. The Morgan fingerprint density at radius 3 is 2.69 bits per heavy atom. The van der Waals surface area contributed by atoms with Crippen LogP contribution in [0.25, 0.3) is 27.9 Å². The molecular weight excluding hydrogens is 440 g/mol. The van der Waals surface area contributed by atoms with E-state index in [1.807, 2.05) is 59.6 Å². The molecule has 1 saturated heterocycles. The summed E-state index contributed by atoms with van der Waals surface area (Å²) in [7, 11) is 0. The van der Waals surface area contributed by atoms with E-state index in [0.29, 0.717) is 24.6 Å². The number of anilines is 1. The van der Waals surface area contributed by atoms with E-state index in [1.165, 1.54) is 0 Å². The number of nitrogens with zero attached hydrogens (tertiary/aromatic N) is 4. The van der Waals surface area contributed by atoms with Gasteiger partial charge in [0.1, 0.15) is 0 Å². The minimum Gasteiger partial charge on any atom is -0.367 e. The molecule has 2 aliphatic rings. The van der Waals surface area contributed by atoms with Crippen LogP contribution in [0.4, 0.5) is 5.82 Å². The van der Waals surface area contributed by atoms with Crippen LogP contribution in [-0.4, -0.2) is 56.8 Å². The van der Waals surface area contributed by atoms with Crippen LogP contribution in [0.1, 0.15) is 42.5 Å². The Kier molecular flexibility index (Phi) is 5.56. The molecule has 0 unspecified atom stereocenters. The summed E-state index contributed by atoms with van der Waals surface area (Å²) in [6.07, 6.45) is 6.48. The van der Waals surface area contributed by atoms with Crippen molar-refractivity contribution in [2.75, 3.05) is 25.0 Å². The first-order chi connectivity index (χ1) is 17.2. The Morgan fingerprint density at radius 1 is 1.09 bits per heavy atom. The largest absolute Gasteiger partial charge is 0.367 e. The van der Waals surface area contributed by atoms with Gasteiger partial charge in [-0.15, -0.1) is 0 Å². The van der Waals surface area contributed by atoms with Crippen molar-refractivity contribution in [1.29, 1.82) is 0 Å². The predicted octanol–water partition coefficient (Wildman–Crippen LogP) is 3.87. The molecule has 1 aliphatic heterocycles. The molecule has 8 heteroatoms. The Balaban J connectivity index is 1.28. The van der Waals surface area contributed by atoms with Crippen molar-refractivity contribution in [3.05, 3.63) is 60.3 Å². The first-order valence-corrected chi connectivity index (χ1v) is 12.4. The summed E-state index contributed by atoms with van der Waals surface area (Å²) in [6.45, 7) is 2.33. The summed E-state index contributed by atoms with van der Waals surface area (Å²) in [4.78, 5) is 35.7. The highest BCUT2D eigenvalue weighted by molar-refractivity contribution is 5.95. The zero-order valence-corrected chi connectivity index (χ0v) is 19.5. The number of benzene rings is 2. The van der Waals surface area contributed by atoms with E-state index in [-0.39, 0.29) is 11.8 Å². The van der Waals surface area contributed by atoms with Crippen molar-refractivity contribution in [2.45, 2.75) is 38.1 Å². The van der Waals surface area contributed by atoms with Gasteiger partial charge in [-0.1, -0.05) is 24.3 Å². The highest BCUT2D eigenvalue weighted by Gasteiger charge is 2.24. The van der Waals surface area contributed by atoms with Gasteiger partial charge in [-0.05, 0) is 49.9 Å². The monoisotopic (exact) mass is 468 g/mol. The van der Waals surface area contributed by atoms with Gasteiger partial charge in [0.05, 0.1) is 22.9 Å². The normalized spacial score (nSPS) is 15.8. The first-order valence-electron chi connectivity index (χ1n) is 12.4. The van der Waals surface area contributed by atoms with E-state index in [1.54, 1.807) is 0 Å². The van der Waals surface area contributed by atoms with Gasteiger partial charge in [0.2, 0.25) is 5.91 Å². The molecule has 2 N–H and O–H groups in total. The zero-order chi connectivity index (χ0) is 23.8. The molecule has 3 heterocycles. The van der Waals surface area contributed by atoms with Crippen LogP contribution in [0, 0.1) is 0 Å². The third kappa shape index (κ3) is 4.32. The standard InChI is InChI=1S/C27H28N6O2/c34-24-7-3-15-32(24)16-4-14-28-25-26-29-17-23(33(26)22-6-2-1-5-21(22)31-25)18-8-10-19(11-9-18)27(35)30-20-12-13-20/h1-2,5-6,8-11,17,20H,3-4,7,12-16H2,(H,28,31)(H,30,35). The number of hydrogen-bond donors (Lipinski definition) is 2. The molecular formula is C27H28N6O2. The third-order valence-electron chi connectivity index (χ3n) is 6.75. The number of hydrogen-bond acceptors (Lipinski definition) is 5. The molecule has 178 valence electrons. The van der Waals surface area contributed by atoms with Crippen molar-refractivity contribution in [1.82, 2.24) is 24.6 Å². The molecule has 0 atom stereocenters. The summed E-state index contributed by atoms with van der Waals surface area (Å²) in [5.74, 6) is 0.960. The molecule has 0 spiro atoms. The molecule has 2 aromatic heterocycles. The Labute approximate surface area is 203 Å². The average molecular weight is 469 g/mol. The minimum atomic E-state index is -0.0195. The number of imidazole rings is 1. The minimum absolute atomic E-state index is 0.0195. The maximum absolute atomic E-state index is 12.4. The number of likely N-dealkylation sites (tertiary alicyclic amines) is 1. The first kappa shape index (κ1) is 21.6. The molecule has 2 fully saturated rings. The van der Waals surface area contributed by atoms with Crippen molar-refractivity contribution < 1.29 is 9.59 Å². The SMILES string of the molecule is O=C(NC1CC1)c1ccc(-c2cnc3c(NCCCN4CCCC4=O)nc4ccccc4n23)cc1. The van der Waals surface area contributed by atoms with Gasteiger partial charge >= 0.3 is 0 Å². The number of carbonyl (C=O) groups is 2. The Bertz CT molecular complexity index is 1410. The van der Waals surface area contributed by atoms with E-state index in [2.05, 4.69) is 15.0 Å². The van der Waals surface area contributed by atoms with Crippen LogP contribution in [-0.2, 0) is 4.79 Å². The van der Waals surface area contributed by atoms with Gasteiger partial charge in [0.15, 0.2) is 11.5 Å². The van der Waals surface area contributed by atoms with Gasteiger partial charge in [0.25, 0.3) is 5.91 Å². The lowest BCUT2D eigenvalue weighted by Crippen LogP contribution is -2.27. The summed E-state index contributed by atoms with van der Waals surface area (Å²) in [5, 5.41) is 6.48. The number of rotatable bonds is 8. The highest BCUT2D eigenvalue weighted by atomic mass is 16.2. The predicted molar refractivity (Wildman–Crippen MR) is 135 cm³/mol. The smallest absolute Gasteiger partial charge is 0.251 e. The molecule has 8 nitrogen and oxygen atoms in total. The second-order valence-electron chi connectivity index (χ2n) is 9.34. The van der Waals surface area contributed by atoms with E-state index in [4.69, 9.17) is 9.97 Å². The fourth-order valence-electron chi connectivity index (χ4n) is 4.71. The Hall–Kier alpha value is -3.94. The number of amides is 2. The maximum atomic E-state index is 12.4. The lowest BCUT2D eigenvalue weighted by molar-refractivity contribution is -0.127. The van der Waals surface area contributed by atoms with Crippen molar-refractivity contribution in [3.63, 3.8) is 0 Å². The van der Waals surface area contributed by atoms with E-state index < -0.39 is 0 Å². The lowest BCUT2D eigenvalue weighted by Gasteiger charge is -2.16. The maximum Gasteiger partial charge on any atom is 0.251 e. The van der Waals surface area contributed by atoms with Crippen LogP contribution in [0.3, 0.4) is 0 Å². The second kappa shape index (κ2) is 9.02. The average Bonchev–Trinajstić information content (AvgIpc) is 3.42. The number of aromatic nitrogens is 3. The molecule has 1 aliphatic carbocycles. The summed E-state index contributed by atoms with van der Waals surface area (Å²) < 4.78 is 2.12. The van der Waals surface area contributed by atoms with Crippen LogP contribution in [0.5, 0.6) is 0 Å². The van der Waals surface area contributed by atoms with Crippen molar-refractivity contribution in [2.24, 2.45) is 0 Å². The Morgan fingerprint density at radius 2 is 1.91 bits per heavy atom. The second-order valence-corrected chi connectivity index (χ2v) is 9.34. The highest BCUT2D eigenvalue weighted by Crippen LogP contribution is 2.29. The zero-order valence-electron chi connectivity index (χ0n) is 19.5. The number of fused-ring (bicyclic) bond motifs is 3. The summed E-state index contributed by atoms with van der Waals surface area (Å²) in [5.41, 5.74) is 5.19.